The van der Waals surface area contributed by atoms with Crippen molar-refractivity contribution >= 4 is 16.9 Å². The van der Waals surface area contributed by atoms with Gasteiger partial charge in [0.25, 0.3) is 0 Å². The van der Waals surface area contributed by atoms with Crippen molar-refractivity contribution in [2.45, 2.75) is 13.5 Å². The van der Waals surface area contributed by atoms with Crippen molar-refractivity contribution in [3.05, 3.63) is 29.7 Å². The van der Waals surface area contributed by atoms with Gasteiger partial charge in [-0.05, 0) is 13.0 Å². The number of aryl methyl sites for hydroxylation is 1. The molecule has 0 aliphatic carbocycles. The molecule has 0 bridgehead atoms. The van der Waals surface area contributed by atoms with Crippen LogP contribution in [0.1, 0.15) is 5.69 Å². The lowest BCUT2D eigenvalue weighted by molar-refractivity contribution is -0.137. The summed E-state index contributed by atoms with van der Waals surface area (Å²) < 4.78 is 14.6. The first-order chi connectivity index (χ1) is 7.09. The van der Waals surface area contributed by atoms with E-state index in [4.69, 9.17) is 5.11 Å². The molecule has 0 radical (unpaired) electrons. The third kappa shape index (κ3) is 1.56. The zero-order valence-electron chi connectivity index (χ0n) is 8.07. The Morgan fingerprint density at radius 3 is 3.00 bits per heavy atom. The van der Waals surface area contributed by atoms with Crippen molar-refractivity contribution in [3.63, 3.8) is 0 Å². The van der Waals surface area contributed by atoms with E-state index in [0.717, 1.165) is 0 Å². The molecule has 78 valence electrons. The van der Waals surface area contributed by atoms with Gasteiger partial charge < -0.3 is 5.11 Å². The predicted molar refractivity (Wildman–Crippen MR) is 52.1 cm³/mol. The topological polar surface area (TPSA) is 55.1 Å². The van der Waals surface area contributed by atoms with Crippen LogP contribution in [0.3, 0.4) is 0 Å². The molecule has 0 aliphatic rings. The number of benzene rings is 1. The summed E-state index contributed by atoms with van der Waals surface area (Å²) in [5, 5.41) is 13.3. The molecule has 2 aromatic rings. The molecule has 5 heteroatoms. The first kappa shape index (κ1) is 9.64. The first-order valence-corrected chi connectivity index (χ1v) is 4.43. The minimum atomic E-state index is -1.04. The third-order valence-corrected chi connectivity index (χ3v) is 2.19. The Kier molecular flexibility index (Phi) is 2.15. The van der Waals surface area contributed by atoms with Crippen LogP contribution in [0.5, 0.6) is 0 Å². The summed E-state index contributed by atoms with van der Waals surface area (Å²) in [5.41, 5.74) is 0.878. The smallest absolute Gasteiger partial charge is 0.325 e. The molecule has 1 N–H and O–H groups in total. The van der Waals surface area contributed by atoms with E-state index < -0.39 is 11.8 Å². The molecule has 0 atom stereocenters. The Hall–Kier alpha value is -1.91. The summed E-state index contributed by atoms with van der Waals surface area (Å²) in [6, 6.07) is 4.60. The van der Waals surface area contributed by atoms with Crippen LogP contribution in [0.25, 0.3) is 10.9 Å². The Balaban J connectivity index is 2.70. The van der Waals surface area contributed by atoms with Crippen LogP contribution >= 0.6 is 0 Å². The summed E-state index contributed by atoms with van der Waals surface area (Å²) >= 11 is 0. The summed E-state index contributed by atoms with van der Waals surface area (Å²) in [6.07, 6.45) is 0. The van der Waals surface area contributed by atoms with Gasteiger partial charge in [-0.1, -0.05) is 12.1 Å². The van der Waals surface area contributed by atoms with E-state index in [-0.39, 0.29) is 12.1 Å². The number of rotatable bonds is 2. The van der Waals surface area contributed by atoms with Crippen LogP contribution in [0, 0.1) is 12.7 Å². The maximum Gasteiger partial charge on any atom is 0.325 e. The molecule has 4 nitrogen and oxygen atoms in total. The average molecular weight is 208 g/mol. The monoisotopic (exact) mass is 208 g/mol. The standard InChI is InChI=1S/C10H9FN2O2/c1-6-7-3-2-4-8(11)10(7)13(12-6)5-9(14)15/h2-4H,5H2,1H3,(H,14,15). The molecule has 0 unspecified atom stereocenters. The van der Waals surface area contributed by atoms with Crippen LogP contribution in [0.2, 0.25) is 0 Å². The summed E-state index contributed by atoms with van der Waals surface area (Å²) in [7, 11) is 0. The number of hydrogen-bond acceptors (Lipinski definition) is 2. The van der Waals surface area contributed by atoms with Gasteiger partial charge >= 0.3 is 5.97 Å². The number of aliphatic carboxylic acids is 1. The molecular formula is C10H9FN2O2. The van der Waals surface area contributed by atoms with Crippen LogP contribution in [0.4, 0.5) is 4.39 Å². The van der Waals surface area contributed by atoms with Crippen molar-refractivity contribution in [1.82, 2.24) is 9.78 Å². The van der Waals surface area contributed by atoms with E-state index in [1.807, 2.05) is 0 Å². The zero-order valence-corrected chi connectivity index (χ0v) is 8.07. The minimum Gasteiger partial charge on any atom is -0.480 e. The molecule has 0 amide bonds. The van der Waals surface area contributed by atoms with Crippen molar-refractivity contribution in [2.75, 3.05) is 0 Å². The quantitative estimate of drug-likeness (QED) is 0.814. The molecule has 1 aromatic carbocycles. The lowest BCUT2D eigenvalue weighted by atomic mass is 10.2. The van der Waals surface area contributed by atoms with Gasteiger partial charge in [-0.2, -0.15) is 5.10 Å². The van der Waals surface area contributed by atoms with Gasteiger partial charge in [-0.25, -0.2) is 4.39 Å². The second-order valence-electron chi connectivity index (χ2n) is 3.27. The lowest BCUT2D eigenvalue weighted by Gasteiger charge is -1.99. The number of carbonyl (C=O) groups is 1. The van der Waals surface area contributed by atoms with E-state index in [2.05, 4.69) is 5.10 Å². The molecule has 0 saturated carbocycles. The van der Waals surface area contributed by atoms with Gasteiger partial charge in [0.2, 0.25) is 0 Å². The highest BCUT2D eigenvalue weighted by molar-refractivity contribution is 5.83. The van der Waals surface area contributed by atoms with E-state index >= 15 is 0 Å². The number of carboxylic acids is 1. The van der Waals surface area contributed by atoms with Crippen molar-refractivity contribution in [2.24, 2.45) is 0 Å². The van der Waals surface area contributed by atoms with Crippen molar-refractivity contribution in [3.8, 4) is 0 Å². The fourth-order valence-electron chi connectivity index (χ4n) is 1.60. The second kappa shape index (κ2) is 3.34. The Bertz CT molecular complexity index is 533. The number of nitrogens with zero attached hydrogens (tertiary/aromatic N) is 2. The highest BCUT2D eigenvalue weighted by Gasteiger charge is 2.12. The predicted octanol–water partition coefficient (Wildman–Crippen LogP) is 1.57. The molecular weight excluding hydrogens is 199 g/mol. The molecule has 0 fully saturated rings. The molecule has 1 heterocycles. The van der Waals surface area contributed by atoms with Crippen molar-refractivity contribution in [1.29, 1.82) is 0 Å². The minimum absolute atomic E-state index is 0.248. The van der Waals surface area contributed by atoms with E-state index in [9.17, 15) is 9.18 Å². The zero-order chi connectivity index (χ0) is 11.0. The van der Waals surface area contributed by atoms with Gasteiger partial charge in [0.15, 0.2) is 0 Å². The van der Waals surface area contributed by atoms with Crippen LogP contribution in [-0.4, -0.2) is 20.9 Å². The number of hydrogen-bond donors (Lipinski definition) is 1. The molecule has 1 aromatic heterocycles. The van der Waals surface area contributed by atoms with Crippen LogP contribution in [-0.2, 0) is 11.3 Å². The lowest BCUT2D eigenvalue weighted by Crippen LogP contribution is -2.10. The van der Waals surface area contributed by atoms with Gasteiger partial charge in [0.1, 0.15) is 17.9 Å². The maximum absolute atomic E-state index is 13.5. The van der Waals surface area contributed by atoms with E-state index in [1.54, 1.807) is 19.1 Å². The fourth-order valence-corrected chi connectivity index (χ4v) is 1.60. The Morgan fingerprint density at radius 1 is 1.60 bits per heavy atom. The molecule has 2 rings (SSSR count). The summed E-state index contributed by atoms with van der Waals surface area (Å²) in [4.78, 5) is 10.5. The molecule has 0 saturated heterocycles. The van der Waals surface area contributed by atoms with Crippen molar-refractivity contribution < 1.29 is 14.3 Å². The highest BCUT2D eigenvalue weighted by Crippen LogP contribution is 2.20. The number of aromatic nitrogens is 2. The summed E-state index contributed by atoms with van der Waals surface area (Å²) in [5.74, 6) is -1.49. The number of fused-ring (bicyclic) bond motifs is 1. The Morgan fingerprint density at radius 2 is 2.33 bits per heavy atom. The van der Waals surface area contributed by atoms with Gasteiger partial charge in [0.05, 0.1) is 5.69 Å². The van der Waals surface area contributed by atoms with Gasteiger partial charge in [0, 0.05) is 5.39 Å². The van der Waals surface area contributed by atoms with Gasteiger partial charge in [-0.15, -0.1) is 0 Å². The van der Waals surface area contributed by atoms with Gasteiger partial charge in [-0.3, -0.25) is 9.48 Å². The average Bonchev–Trinajstić information content (AvgIpc) is 2.44. The maximum atomic E-state index is 13.5. The van der Waals surface area contributed by atoms with Crippen LogP contribution < -0.4 is 0 Å². The second-order valence-corrected chi connectivity index (χ2v) is 3.27. The third-order valence-electron chi connectivity index (χ3n) is 2.19. The molecule has 15 heavy (non-hydrogen) atoms. The SMILES string of the molecule is Cc1nn(CC(=O)O)c2c(F)cccc12. The fraction of sp³-hybridized carbons (Fsp3) is 0.200. The number of halogens is 1. The number of carboxylic acid groups (broad SMARTS) is 1. The summed E-state index contributed by atoms with van der Waals surface area (Å²) in [6.45, 7) is 1.39. The molecule has 0 spiro atoms. The normalized spacial score (nSPS) is 10.8. The molecule has 0 aliphatic heterocycles. The largest absolute Gasteiger partial charge is 0.480 e. The van der Waals surface area contributed by atoms with E-state index in [0.29, 0.717) is 11.1 Å². The first-order valence-electron chi connectivity index (χ1n) is 4.43. The highest BCUT2D eigenvalue weighted by atomic mass is 19.1. The van der Waals surface area contributed by atoms with Crippen LogP contribution in [0.15, 0.2) is 18.2 Å². The van der Waals surface area contributed by atoms with E-state index in [1.165, 1.54) is 10.7 Å². The number of para-hydroxylation sites is 1. The Labute approximate surface area is 84.9 Å².